The summed E-state index contributed by atoms with van der Waals surface area (Å²) in [7, 11) is -4.94. The molecule has 2 aliphatic heterocycles. The fourth-order valence-corrected chi connectivity index (χ4v) is 6.17. The molecule has 0 fully saturated rings. The normalized spacial score (nSPS) is 17.5. The summed E-state index contributed by atoms with van der Waals surface area (Å²) in [5.74, 6) is 1.06. The van der Waals surface area contributed by atoms with E-state index in [9.17, 15) is 20.2 Å². The van der Waals surface area contributed by atoms with Crippen LogP contribution in [0.2, 0.25) is 0 Å². The van der Waals surface area contributed by atoms with Gasteiger partial charge in [-0.1, -0.05) is 59.8 Å². The summed E-state index contributed by atoms with van der Waals surface area (Å²) in [6, 6.07) is 10.4. The molecule has 260 valence electrons. The first-order valence-electron chi connectivity index (χ1n) is 15.8. The molecule has 12 nitrogen and oxygen atoms in total. The van der Waals surface area contributed by atoms with E-state index in [0.29, 0.717) is 11.8 Å². The van der Waals surface area contributed by atoms with Crippen molar-refractivity contribution in [3.8, 4) is 0 Å². The van der Waals surface area contributed by atoms with Gasteiger partial charge in [0.15, 0.2) is 5.71 Å². The molecule has 2 aromatic carbocycles. The minimum atomic E-state index is -4.94. The average molecular weight is 685 g/mol. The molecule has 0 bridgehead atoms. The predicted octanol–water partition coefficient (Wildman–Crippen LogP) is 4.01. The quantitative estimate of drug-likeness (QED) is 0.146. The first-order chi connectivity index (χ1) is 22.2. The number of non-ortho nitro benzene ring substituents is 2. The molecule has 0 atom stereocenters. The molecule has 0 amide bonds. The fraction of sp³-hybridized carbons (Fsp3) is 0.457. The van der Waals surface area contributed by atoms with Crippen molar-refractivity contribution in [1.29, 1.82) is 0 Å². The Balaban J connectivity index is 0.00000116. The molecule has 0 saturated carbocycles. The van der Waals surface area contributed by atoms with Crippen molar-refractivity contribution in [2.45, 2.75) is 79.1 Å². The highest BCUT2D eigenvalue weighted by atomic mass is 35.7. The summed E-state index contributed by atoms with van der Waals surface area (Å²) >= 11 is 0. The topological polar surface area (TPSA) is 185 Å². The number of benzene rings is 2. The smallest absolute Gasteiger partial charge is 0.270 e. The number of allylic oxidation sites excluding steroid dienone is 6. The summed E-state index contributed by atoms with van der Waals surface area (Å²) in [6.45, 7) is 19.0. The van der Waals surface area contributed by atoms with E-state index in [1.54, 1.807) is 24.3 Å². The number of halogens is 1. The molecule has 0 aliphatic carbocycles. The zero-order valence-corrected chi connectivity index (χ0v) is 29.5. The first kappa shape index (κ1) is 38.5. The van der Waals surface area contributed by atoms with Crippen LogP contribution in [0.25, 0.3) is 0 Å². The van der Waals surface area contributed by atoms with Crippen molar-refractivity contribution in [2.75, 3.05) is 18.0 Å². The summed E-state index contributed by atoms with van der Waals surface area (Å²) in [5.41, 5.74) is 5.66. The lowest BCUT2D eigenvalue weighted by Gasteiger charge is -2.27. The van der Waals surface area contributed by atoms with Crippen LogP contribution < -0.4 is 23.5 Å². The van der Waals surface area contributed by atoms with E-state index in [2.05, 4.69) is 77.0 Å². The van der Waals surface area contributed by atoms with Gasteiger partial charge in [0.05, 0.1) is 15.3 Å². The van der Waals surface area contributed by atoms with Gasteiger partial charge in [0.25, 0.3) is 11.4 Å². The average Bonchev–Trinajstić information content (AvgIpc) is 3.31. The second-order valence-corrected chi connectivity index (χ2v) is 14.7. The number of hydrogen-bond donors (Lipinski definition) is 0. The third-order valence-electron chi connectivity index (χ3n) is 8.76. The van der Waals surface area contributed by atoms with Crippen LogP contribution in [-0.4, -0.2) is 33.2 Å². The van der Waals surface area contributed by atoms with Crippen molar-refractivity contribution < 1.29 is 43.3 Å². The largest absolute Gasteiger partial charge is 0.344 e. The van der Waals surface area contributed by atoms with E-state index in [0.717, 1.165) is 59.8 Å². The summed E-state index contributed by atoms with van der Waals surface area (Å²) in [6.07, 6.45) is 12.3. The van der Waals surface area contributed by atoms with Crippen molar-refractivity contribution >= 4 is 28.5 Å². The molecular weight excluding hydrogens is 640 g/mol. The predicted molar refractivity (Wildman–Crippen MR) is 175 cm³/mol. The maximum absolute atomic E-state index is 11.5. The van der Waals surface area contributed by atoms with Crippen LogP contribution in [0, 0.1) is 42.3 Å². The Kier molecular flexibility index (Phi) is 12.1. The first-order valence-corrected chi connectivity index (χ1v) is 17.1. The number of anilines is 1. The Morgan fingerprint density at radius 3 is 1.88 bits per heavy atom. The molecule has 0 unspecified atom stereocenters. The lowest BCUT2D eigenvalue weighted by atomic mass is 9.81. The summed E-state index contributed by atoms with van der Waals surface area (Å²) < 4.78 is 36.3. The highest BCUT2D eigenvalue weighted by Gasteiger charge is 2.45. The van der Waals surface area contributed by atoms with Crippen molar-refractivity contribution in [2.24, 2.45) is 11.8 Å². The van der Waals surface area contributed by atoms with Crippen LogP contribution >= 0.6 is 0 Å². The Hall–Kier alpha value is -3.94. The van der Waals surface area contributed by atoms with Gasteiger partial charge < -0.3 is 4.90 Å². The standard InChI is InChI=1S/C35H45N4O4.ClHO4/c1-24(2)18-20-36-30-16-14-26(38(40)41)22-28(30)34(5,6)32(36)12-10-9-11-13-33-35(7,8)29-23-27(39(42)43)15-17-31(29)37(33)21-19-25(3)4;2-1(3,4)5/h9-17,22-25H,18-21H2,1-8H3;(H,2,3,4,5)/q+1;/p-1. The van der Waals surface area contributed by atoms with Crippen molar-refractivity contribution in [3.63, 3.8) is 0 Å². The lowest BCUT2D eigenvalue weighted by molar-refractivity contribution is -2.00. The second kappa shape index (κ2) is 15.1. The zero-order valence-electron chi connectivity index (χ0n) is 28.8. The Bertz CT molecular complexity index is 1650. The number of nitro benzene ring substituents is 2. The summed E-state index contributed by atoms with van der Waals surface area (Å²) in [5, 5.41) is 23.1. The highest BCUT2D eigenvalue weighted by Crippen LogP contribution is 2.49. The van der Waals surface area contributed by atoms with Gasteiger partial charge in [-0.15, -0.1) is 10.2 Å². The van der Waals surface area contributed by atoms with E-state index < -0.39 is 21.1 Å². The monoisotopic (exact) mass is 684 g/mol. The van der Waals surface area contributed by atoms with Crippen molar-refractivity contribution in [1.82, 2.24) is 0 Å². The number of hydrogen-bond acceptors (Lipinski definition) is 9. The minimum absolute atomic E-state index is 0.111. The van der Waals surface area contributed by atoms with Crippen LogP contribution in [0.4, 0.5) is 22.7 Å². The minimum Gasteiger partial charge on any atom is -0.344 e. The van der Waals surface area contributed by atoms with Crippen LogP contribution in [0.1, 0.15) is 79.4 Å². The molecule has 13 heteroatoms. The maximum Gasteiger partial charge on any atom is 0.270 e. The molecule has 4 rings (SSSR count). The molecule has 0 radical (unpaired) electrons. The van der Waals surface area contributed by atoms with Crippen LogP contribution in [0.5, 0.6) is 0 Å². The number of nitrogens with zero attached hydrogens (tertiary/aromatic N) is 4. The maximum atomic E-state index is 11.5. The van der Waals surface area contributed by atoms with Crippen LogP contribution in [0.3, 0.4) is 0 Å². The number of nitro groups is 2. The Morgan fingerprint density at radius 1 is 0.792 bits per heavy atom. The third-order valence-corrected chi connectivity index (χ3v) is 8.76. The molecule has 0 aromatic heterocycles. The SMILES string of the molecule is CC(C)CCN1/C(=C/C=C/C=C/C2=[N+](CCC(C)C)c3ccc([N+](=O)[O-])cc3C2(C)C)C(C)(C)c2cc([N+](=O)[O-])ccc21.[O-][Cl+3]([O-])([O-])[O-]. The highest BCUT2D eigenvalue weighted by molar-refractivity contribution is 6.03. The van der Waals surface area contributed by atoms with Gasteiger partial charge in [0.2, 0.25) is 5.69 Å². The van der Waals surface area contributed by atoms with E-state index >= 15 is 0 Å². The van der Waals surface area contributed by atoms with Crippen molar-refractivity contribution in [3.05, 3.63) is 104 Å². The van der Waals surface area contributed by atoms with Gasteiger partial charge in [-0.2, -0.15) is 4.58 Å². The second-order valence-electron chi connectivity index (χ2n) is 13.9. The van der Waals surface area contributed by atoms with Crippen LogP contribution in [-0.2, 0) is 10.8 Å². The molecule has 0 N–H and O–H groups in total. The van der Waals surface area contributed by atoms with E-state index in [1.165, 1.54) is 0 Å². The van der Waals surface area contributed by atoms with Gasteiger partial charge in [0, 0.05) is 71.7 Å². The van der Waals surface area contributed by atoms with Gasteiger partial charge in [0.1, 0.15) is 6.54 Å². The number of rotatable bonds is 11. The fourth-order valence-electron chi connectivity index (χ4n) is 6.17. The molecule has 2 aliphatic rings. The van der Waals surface area contributed by atoms with Gasteiger partial charge in [-0.25, -0.2) is 18.6 Å². The molecule has 0 saturated heterocycles. The van der Waals surface area contributed by atoms with E-state index in [1.807, 2.05) is 30.4 Å². The third kappa shape index (κ3) is 9.14. The molecule has 0 spiro atoms. The van der Waals surface area contributed by atoms with Gasteiger partial charge in [-0.3, -0.25) is 20.2 Å². The molecule has 48 heavy (non-hydrogen) atoms. The zero-order chi connectivity index (χ0) is 36.2. The number of fused-ring (bicyclic) bond motifs is 2. The van der Waals surface area contributed by atoms with E-state index in [-0.39, 0.29) is 21.2 Å². The molecule has 2 heterocycles. The lowest BCUT2D eigenvalue weighted by Crippen LogP contribution is -2.68. The summed E-state index contributed by atoms with van der Waals surface area (Å²) in [4.78, 5) is 24.7. The Labute approximate surface area is 284 Å². The molecule has 2 aromatic rings. The van der Waals surface area contributed by atoms with E-state index in [4.69, 9.17) is 18.6 Å². The van der Waals surface area contributed by atoms with Gasteiger partial charge in [-0.05, 0) is 49.8 Å². The molecular formula is C35H45ClN4O8. The Morgan fingerprint density at radius 2 is 1.33 bits per heavy atom. The van der Waals surface area contributed by atoms with Crippen LogP contribution in [0.15, 0.2) is 72.5 Å². The van der Waals surface area contributed by atoms with Gasteiger partial charge >= 0.3 is 0 Å².